The molecule has 5 heteroatoms. The summed E-state index contributed by atoms with van der Waals surface area (Å²) in [6.45, 7) is 0. The number of fused-ring (bicyclic) bond motifs is 1. The molecule has 0 saturated carbocycles. The van der Waals surface area contributed by atoms with Crippen LogP contribution >= 0.6 is 11.3 Å². The highest BCUT2D eigenvalue weighted by Gasteiger charge is 2.15. The summed E-state index contributed by atoms with van der Waals surface area (Å²) in [7, 11) is 4.83. The summed E-state index contributed by atoms with van der Waals surface area (Å²) in [6.07, 6.45) is 3.73. The highest BCUT2D eigenvalue weighted by molar-refractivity contribution is 7.17. The average Bonchev–Trinajstić information content (AvgIpc) is 3.01. The normalized spacial score (nSPS) is 10.6. The van der Waals surface area contributed by atoms with Crippen molar-refractivity contribution in [2.45, 2.75) is 0 Å². The number of ether oxygens (including phenoxy) is 3. The second-order valence-corrected chi connectivity index (χ2v) is 5.36. The van der Waals surface area contributed by atoms with Crippen molar-refractivity contribution in [3.05, 3.63) is 36.0 Å². The molecule has 0 aliphatic heterocycles. The van der Waals surface area contributed by atoms with Gasteiger partial charge in [-0.3, -0.25) is 4.98 Å². The first-order valence-electron chi connectivity index (χ1n) is 6.40. The molecule has 0 fully saturated rings. The minimum atomic E-state index is 0.593. The van der Waals surface area contributed by atoms with Gasteiger partial charge in [0.2, 0.25) is 5.75 Å². The number of benzene rings is 1. The van der Waals surface area contributed by atoms with Crippen LogP contribution in [0, 0.1) is 0 Å². The molecule has 108 valence electrons. The highest BCUT2D eigenvalue weighted by Crippen LogP contribution is 2.42. The summed E-state index contributed by atoms with van der Waals surface area (Å²) in [5.41, 5.74) is 2.05. The molecule has 2 aromatic heterocycles. The Labute approximate surface area is 126 Å². The number of nitrogens with zero attached hydrogens (tertiary/aromatic N) is 1. The van der Waals surface area contributed by atoms with Crippen LogP contribution in [0.4, 0.5) is 0 Å². The predicted octanol–water partition coefficient (Wildman–Crippen LogP) is 3.99. The van der Waals surface area contributed by atoms with E-state index in [0.717, 1.165) is 16.5 Å². The van der Waals surface area contributed by atoms with Crippen LogP contribution in [0.25, 0.3) is 21.2 Å². The summed E-state index contributed by atoms with van der Waals surface area (Å²) >= 11 is 1.69. The van der Waals surface area contributed by atoms with Gasteiger partial charge in [-0.05, 0) is 29.1 Å². The second kappa shape index (κ2) is 5.61. The van der Waals surface area contributed by atoms with Gasteiger partial charge >= 0.3 is 0 Å². The van der Waals surface area contributed by atoms with Gasteiger partial charge in [0.25, 0.3) is 0 Å². The largest absolute Gasteiger partial charge is 0.493 e. The number of thiophene rings is 1. The molecule has 0 radical (unpaired) electrons. The van der Waals surface area contributed by atoms with Crippen LogP contribution in [-0.4, -0.2) is 26.3 Å². The van der Waals surface area contributed by atoms with Gasteiger partial charge in [0.05, 0.1) is 21.3 Å². The first-order chi connectivity index (χ1) is 10.3. The van der Waals surface area contributed by atoms with E-state index in [4.69, 9.17) is 14.2 Å². The van der Waals surface area contributed by atoms with Crippen LogP contribution < -0.4 is 14.2 Å². The fourth-order valence-corrected chi connectivity index (χ4v) is 3.24. The van der Waals surface area contributed by atoms with Crippen molar-refractivity contribution in [2.75, 3.05) is 21.3 Å². The molecular formula is C16H15NO3S. The Morgan fingerprint density at radius 3 is 2.29 bits per heavy atom. The summed E-state index contributed by atoms with van der Waals surface area (Å²) in [5.74, 6) is 1.87. The standard InChI is InChI=1S/C16H15NO3S/c1-18-13-6-11(7-14(19-2)15(13)20-3)12-9-17-8-10-4-5-21-16(10)12/h4-9H,1-3H3. The predicted molar refractivity (Wildman–Crippen MR) is 84.7 cm³/mol. The molecule has 0 saturated heterocycles. The third kappa shape index (κ3) is 2.29. The van der Waals surface area contributed by atoms with E-state index in [1.165, 1.54) is 4.70 Å². The number of hydrogen-bond donors (Lipinski definition) is 0. The number of hydrogen-bond acceptors (Lipinski definition) is 5. The Morgan fingerprint density at radius 2 is 1.67 bits per heavy atom. The average molecular weight is 301 g/mol. The fraction of sp³-hybridized carbons (Fsp3) is 0.188. The number of aromatic nitrogens is 1. The van der Waals surface area contributed by atoms with E-state index in [2.05, 4.69) is 16.4 Å². The van der Waals surface area contributed by atoms with Crippen LogP contribution in [0.2, 0.25) is 0 Å². The molecule has 0 spiro atoms. The Hall–Kier alpha value is -2.27. The van der Waals surface area contributed by atoms with Crippen molar-refractivity contribution < 1.29 is 14.2 Å². The van der Waals surface area contributed by atoms with Crippen LogP contribution in [0.3, 0.4) is 0 Å². The lowest BCUT2D eigenvalue weighted by Gasteiger charge is -2.14. The van der Waals surface area contributed by atoms with E-state index in [-0.39, 0.29) is 0 Å². The molecule has 0 aliphatic carbocycles. The van der Waals surface area contributed by atoms with E-state index in [9.17, 15) is 0 Å². The van der Waals surface area contributed by atoms with Gasteiger partial charge in [0.15, 0.2) is 11.5 Å². The summed E-state index contributed by atoms with van der Waals surface area (Å²) in [5, 5.41) is 3.19. The van der Waals surface area contributed by atoms with E-state index >= 15 is 0 Å². The van der Waals surface area contributed by atoms with Crippen molar-refractivity contribution in [3.63, 3.8) is 0 Å². The van der Waals surface area contributed by atoms with Gasteiger partial charge in [-0.15, -0.1) is 11.3 Å². The smallest absolute Gasteiger partial charge is 0.203 e. The number of rotatable bonds is 4. The van der Waals surface area contributed by atoms with Crippen molar-refractivity contribution in [3.8, 4) is 28.4 Å². The molecule has 2 heterocycles. The van der Waals surface area contributed by atoms with Gasteiger partial charge in [-0.1, -0.05) is 0 Å². The van der Waals surface area contributed by atoms with E-state index in [0.29, 0.717) is 17.2 Å². The summed E-state index contributed by atoms with van der Waals surface area (Å²) < 4.78 is 17.4. The SMILES string of the molecule is COc1cc(-c2cncc3ccsc23)cc(OC)c1OC. The number of methoxy groups -OCH3 is 3. The zero-order valence-corrected chi connectivity index (χ0v) is 12.9. The maximum Gasteiger partial charge on any atom is 0.203 e. The Bertz CT molecular complexity index is 757. The van der Waals surface area contributed by atoms with Crippen LogP contribution in [-0.2, 0) is 0 Å². The molecule has 21 heavy (non-hydrogen) atoms. The Morgan fingerprint density at radius 1 is 0.952 bits per heavy atom. The third-order valence-electron chi connectivity index (χ3n) is 3.33. The maximum absolute atomic E-state index is 5.41. The number of pyridine rings is 1. The quantitative estimate of drug-likeness (QED) is 0.730. The van der Waals surface area contributed by atoms with Gasteiger partial charge in [0, 0.05) is 28.0 Å². The van der Waals surface area contributed by atoms with E-state index < -0.39 is 0 Å². The first kappa shape index (κ1) is 13.7. The van der Waals surface area contributed by atoms with E-state index in [1.54, 1.807) is 32.7 Å². The molecule has 0 N–H and O–H groups in total. The van der Waals surface area contributed by atoms with Crippen molar-refractivity contribution in [1.82, 2.24) is 4.98 Å². The summed E-state index contributed by atoms with van der Waals surface area (Å²) in [6, 6.07) is 5.95. The van der Waals surface area contributed by atoms with Crippen molar-refractivity contribution in [1.29, 1.82) is 0 Å². The fourth-order valence-electron chi connectivity index (χ4n) is 2.33. The molecule has 3 rings (SSSR count). The zero-order chi connectivity index (χ0) is 14.8. The second-order valence-electron chi connectivity index (χ2n) is 4.44. The minimum absolute atomic E-state index is 0.593. The molecule has 0 aliphatic rings. The monoisotopic (exact) mass is 301 g/mol. The summed E-state index contributed by atoms with van der Waals surface area (Å²) in [4.78, 5) is 4.31. The van der Waals surface area contributed by atoms with E-state index in [1.807, 2.05) is 24.5 Å². The first-order valence-corrected chi connectivity index (χ1v) is 7.28. The molecule has 4 nitrogen and oxygen atoms in total. The highest BCUT2D eigenvalue weighted by atomic mass is 32.1. The Balaban J connectivity index is 2.25. The lowest BCUT2D eigenvalue weighted by atomic mass is 10.1. The van der Waals surface area contributed by atoms with Gasteiger partial charge in [0.1, 0.15) is 0 Å². The van der Waals surface area contributed by atoms with Crippen LogP contribution in [0.5, 0.6) is 17.2 Å². The topological polar surface area (TPSA) is 40.6 Å². The van der Waals surface area contributed by atoms with Gasteiger partial charge < -0.3 is 14.2 Å². The minimum Gasteiger partial charge on any atom is -0.493 e. The van der Waals surface area contributed by atoms with Crippen molar-refractivity contribution >= 4 is 21.4 Å². The van der Waals surface area contributed by atoms with Gasteiger partial charge in [-0.2, -0.15) is 0 Å². The van der Waals surface area contributed by atoms with Crippen LogP contribution in [0.15, 0.2) is 36.0 Å². The molecule has 0 amide bonds. The molecule has 3 aromatic rings. The maximum atomic E-state index is 5.41. The molecule has 0 unspecified atom stereocenters. The lowest BCUT2D eigenvalue weighted by molar-refractivity contribution is 0.324. The molecule has 0 atom stereocenters. The molecular weight excluding hydrogens is 286 g/mol. The van der Waals surface area contributed by atoms with Gasteiger partial charge in [-0.25, -0.2) is 0 Å². The lowest BCUT2D eigenvalue weighted by Crippen LogP contribution is -1.95. The van der Waals surface area contributed by atoms with Crippen molar-refractivity contribution in [2.24, 2.45) is 0 Å². The molecule has 0 bridgehead atoms. The molecule has 1 aromatic carbocycles. The third-order valence-corrected chi connectivity index (χ3v) is 4.30. The zero-order valence-electron chi connectivity index (χ0n) is 12.0. The Kier molecular flexibility index (Phi) is 3.66. The van der Waals surface area contributed by atoms with Crippen LogP contribution in [0.1, 0.15) is 0 Å².